The van der Waals surface area contributed by atoms with Crippen LogP contribution in [0.5, 0.6) is 0 Å². The number of nitrogens with zero attached hydrogens (tertiary/aromatic N) is 4. The lowest BCUT2D eigenvalue weighted by atomic mass is 10.2. The average Bonchev–Trinajstić information content (AvgIpc) is 3.19. The molecule has 154 valence electrons. The van der Waals surface area contributed by atoms with Gasteiger partial charge in [-0.25, -0.2) is 8.78 Å². The Morgan fingerprint density at radius 3 is 2.52 bits per heavy atom. The van der Waals surface area contributed by atoms with E-state index in [-0.39, 0.29) is 16.5 Å². The highest BCUT2D eigenvalue weighted by atomic mass is 35.5. The summed E-state index contributed by atoms with van der Waals surface area (Å²) in [5.41, 5.74) is 0.828. The molecule has 0 aliphatic carbocycles. The molecule has 0 bridgehead atoms. The summed E-state index contributed by atoms with van der Waals surface area (Å²) >= 11 is 18.2. The number of carbonyl (C=O) groups is 1. The Kier molecular flexibility index (Phi) is 6.45. The van der Waals surface area contributed by atoms with Gasteiger partial charge in [0, 0.05) is 21.9 Å². The summed E-state index contributed by atoms with van der Waals surface area (Å²) < 4.78 is 28.4. The van der Waals surface area contributed by atoms with Crippen LogP contribution in [0.1, 0.15) is 36.3 Å². The summed E-state index contributed by atoms with van der Waals surface area (Å²) in [4.78, 5) is 12.6. The van der Waals surface area contributed by atoms with Crippen LogP contribution in [-0.4, -0.2) is 25.5 Å². The van der Waals surface area contributed by atoms with Gasteiger partial charge in [-0.05, 0) is 37.6 Å². The van der Waals surface area contributed by atoms with Gasteiger partial charge in [0.2, 0.25) is 5.91 Å². The van der Waals surface area contributed by atoms with Gasteiger partial charge in [0.05, 0.1) is 6.54 Å². The maximum absolute atomic E-state index is 12.8. The van der Waals surface area contributed by atoms with E-state index in [1.807, 2.05) is 0 Å². The van der Waals surface area contributed by atoms with Crippen LogP contribution in [0.2, 0.25) is 15.1 Å². The van der Waals surface area contributed by atoms with E-state index in [0.717, 1.165) is 5.56 Å². The van der Waals surface area contributed by atoms with Crippen LogP contribution >= 0.6 is 34.8 Å². The molecular formula is C18H16Cl3F2N5O. The van der Waals surface area contributed by atoms with Crippen LogP contribution in [0.25, 0.3) is 0 Å². The molecule has 29 heavy (non-hydrogen) atoms. The van der Waals surface area contributed by atoms with Gasteiger partial charge in [0.25, 0.3) is 6.43 Å². The summed E-state index contributed by atoms with van der Waals surface area (Å²) in [5.74, 6) is -0.346. The van der Waals surface area contributed by atoms with Crippen LogP contribution in [0.15, 0.2) is 30.5 Å². The summed E-state index contributed by atoms with van der Waals surface area (Å²) in [7, 11) is 0. The van der Waals surface area contributed by atoms with Crippen molar-refractivity contribution in [3.63, 3.8) is 0 Å². The van der Waals surface area contributed by atoms with E-state index in [0.29, 0.717) is 22.3 Å². The predicted octanol–water partition coefficient (Wildman–Crippen LogP) is 5.53. The Bertz CT molecular complexity index is 1050. The highest BCUT2D eigenvalue weighted by Gasteiger charge is 2.23. The second kappa shape index (κ2) is 8.69. The first-order valence-corrected chi connectivity index (χ1v) is 9.61. The van der Waals surface area contributed by atoms with Crippen molar-refractivity contribution < 1.29 is 13.6 Å². The van der Waals surface area contributed by atoms with E-state index in [4.69, 9.17) is 34.8 Å². The number of amides is 1. The third-order valence-corrected chi connectivity index (χ3v) is 5.08. The Hall–Kier alpha value is -2.16. The van der Waals surface area contributed by atoms with Gasteiger partial charge >= 0.3 is 0 Å². The smallest absolute Gasteiger partial charge is 0.282 e. The zero-order valence-electron chi connectivity index (χ0n) is 15.3. The molecule has 6 nitrogen and oxygen atoms in total. The maximum Gasteiger partial charge on any atom is 0.282 e. The number of hydrogen-bond acceptors (Lipinski definition) is 3. The van der Waals surface area contributed by atoms with Crippen molar-refractivity contribution in [2.75, 3.05) is 5.32 Å². The number of nitrogens with one attached hydrogen (secondary N) is 1. The average molecular weight is 463 g/mol. The van der Waals surface area contributed by atoms with E-state index in [9.17, 15) is 13.6 Å². The Morgan fingerprint density at radius 2 is 1.90 bits per heavy atom. The second-order valence-corrected chi connectivity index (χ2v) is 7.63. The molecule has 1 aromatic carbocycles. The van der Waals surface area contributed by atoms with Gasteiger partial charge in [-0.3, -0.25) is 14.2 Å². The topological polar surface area (TPSA) is 64.7 Å². The molecule has 0 aliphatic heterocycles. The van der Waals surface area contributed by atoms with Crippen LogP contribution < -0.4 is 5.32 Å². The number of rotatable bonds is 6. The number of aromatic nitrogens is 4. The Balaban J connectivity index is 1.74. The van der Waals surface area contributed by atoms with Gasteiger partial charge in [-0.15, -0.1) is 0 Å². The number of alkyl halides is 2. The number of benzene rings is 1. The molecule has 0 saturated carbocycles. The minimum Gasteiger partial charge on any atom is -0.306 e. The van der Waals surface area contributed by atoms with E-state index in [1.165, 1.54) is 15.4 Å². The normalized spacial score (nSPS) is 12.4. The zero-order chi connectivity index (χ0) is 21.3. The van der Waals surface area contributed by atoms with Crippen molar-refractivity contribution >= 4 is 46.5 Å². The molecule has 0 spiro atoms. The van der Waals surface area contributed by atoms with E-state index < -0.39 is 18.4 Å². The Labute approximate surface area is 180 Å². The molecule has 1 unspecified atom stereocenters. The number of halogens is 5. The SMILES string of the molecule is Cc1cc(C(F)F)nn1C(C)C(=O)Nc1nn(Cc2ccc(Cl)cc2Cl)cc1Cl. The minimum absolute atomic E-state index is 0.146. The number of anilines is 1. The summed E-state index contributed by atoms with van der Waals surface area (Å²) in [6.45, 7) is 3.46. The molecule has 1 atom stereocenters. The molecule has 11 heteroatoms. The molecule has 2 heterocycles. The van der Waals surface area contributed by atoms with Crippen molar-refractivity contribution in [2.24, 2.45) is 0 Å². The highest BCUT2D eigenvalue weighted by molar-refractivity contribution is 6.35. The van der Waals surface area contributed by atoms with Crippen molar-refractivity contribution in [1.29, 1.82) is 0 Å². The lowest BCUT2D eigenvalue weighted by Gasteiger charge is -2.13. The van der Waals surface area contributed by atoms with Gasteiger partial charge in [-0.1, -0.05) is 40.9 Å². The summed E-state index contributed by atoms with van der Waals surface area (Å²) in [6, 6.07) is 5.49. The molecule has 2 aromatic heterocycles. The predicted molar refractivity (Wildman–Crippen MR) is 108 cm³/mol. The Morgan fingerprint density at radius 1 is 1.17 bits per heavy atom. The quantitative estimate of drug-likeness (QED) is 0.523. The van der Waals surface area contributed by atoms with Crippen LogP contribution in [0.3, 0.4) is 0 Å². The van der Waals surface area contributed by atoms with E-state index in [2.05, 4.69) is 15.5 Å². The second-order valence-electron chi connectivity index (χ2n) is 6.38. The first kappa shape index (κ1) is 21.5. The first-order valence-electron chi connectivity index (χ1n) is 8.47. The van der Waals surface area contributed by atoms with Crippen LogP contribution in [0, 0.1) is 6.92 Å². The lowest BCUT2D eigenvalue weighted by molar-refractivity contribution is -0.119. The third-order valence-electron chi connectivity index (χ3n) is 4.22. The molecule has 3 aromatic rings. The number of aryl methyl sites for hydroxylation is 1. The maximum atomic E-state index is 12.8. The van der Waals surface area contributed by atoms with E-state index in [1.54, 1.807) is 38.2 Å². The molecule has 0 radical (unpaired) electrons. The molecule has 3 rings (SSSR count). The van der Waals surface area contributed by atoms with E-state index >= 15 is 0 Å². The lowest BCUT2D eigenvalue weighted by Crippen LogP contribution is -2.25. The number of carbonyl (C=O) groups excluding carboxylic acids is 1. The molecule has 0 fully saturated rings. The van der Waals surface area contributed by atoms with Gasteiger partial charge in [0.1, 0.15) is 16.8 Å². The fourth-order valence-electron chi connectivity index (χ4n) is 2.73. The monoisotopic (exact) mass is 461 g/mol. The molecule has 1 amide bonds. The highest BCUT2D eigenvalue weighted by Crippen LogP contribution is 2.25. The van der Waals surface area contributed by atoms with Crippen molar-refractivity contribution in [1.82, 2.24) is 19.6 Å². The standard InChI is InChI=1S/C18H16Cl3F2N5O/c1-9-5-15(16(22)23)25-28(9)10(2)18(29)24-17-14(21)8-27(26-17)7-11-3-4-12(19)6-13(11)20/h3-6,8,10,16H,7H2,1-2H3,(H,24,26,29). The van der Waals surface area contributed by atoms with Crippen LogP contribution in [0.4, 0.5) is 14.6 Å². The summed E-state index contributed by atoms with van der Waals surface area (Å²) in [6.07, 6.45) is -1.17. The zero-order valence-corrected chi connectivity index (χ0v) is 17.6. The fourth-order valence-corrected chi connectivity index (χ4v) is 3.40. The molecule has 0 saturated heterocycles. The van der Waals surface area contributed by atoms with Crippen molar-refractivity contribution in [2.45, 2.75) is 32.9 Å². The fraction of sp³-hybridized carbons (Fsp3) is 0.278. The van der Waals surface area contributed by atoms with Crippen molar-refractivity contribution in [3.8, 4) is 0 Å². The van der Waals surface area contributed by atoms with Gasteiger partial charge < -0.3 is 5.32 Å². The minimum atomic E-state index is -2.71. The first-order chi connectivity index (χ1) is 13.7. The largest absolute Gasteiger partial charge is 0.306 e. The van der Waals surface area contributed by atoms with Crippen LogP contribution in [-0.2, 0) is 11.3 Å². The molecular weight excluding hydrogens is 447 g/mol. The van der Waals surface area contributed by atoms with Crippen molar-refractivity contribution in [3.05, 3.63) is 62.5 Å². The van der Waals surface area contributed by atoms with Gasteiger partial charge in [0.15, 0.2) is 5.82 Å². The van der Waals surface area contributed by atoms with Gasteiger partial charge in [-0.2, -0.15) is 10.2 Å². The summed E-state index contributed by atoms with van der Waals surface area (Å²) in [5, 5.41) is 11.9. The third kappa shape index (κ3) is 4.88. The number of hydrogen-bond donors (Lipinski definition) is 1. The molecule has 0 aliphatic rings. The molecule has 1 N–H and O–H groups in total.